The highest BCUT2D eigenvalue weighted by atomic mass is 35.5. The molecule has 0 spiro atoms. The van der Waals surface area contributed by atoms with Crippen molar-refractivity contribution in [2.24, 2.45) is 11.8 Å². The zero-order chi connectivity index (χ0) is 14.5. The zero-order valence-electron chi connectivity index (χ0n) is 12.2. The van der Waals surface area contributed by atoms with Crippen LogP contribution in [-0.4, -0.2) is 22.8 Å². The van der Waals surface area contributed by atoms with Crippen LogP contribution in [0.4, 0.5) is 5.82 Å². The summed E-state index contributed by atoms with van der Waals surface area (Å²) < 4.78 is 0. The van der Waals surface area contributed by atoms with Gasteiger partial charge < -0.3 is 5.32 Å². The third kappa shape index (κ3) is 3.69. The molecule has 1 fully saturated rings. The van der Waals surface area contributed by atoms with E-state index in [4.69, 9.17) is 11.6 Å². The van der Waals surface area contributed by atoms with Crippen LogP contribution in [0.25, 0.3) is 0 Å². The van der Waals surface area contributed by atoms with E-state index in [1.165, 1.54) is 32.1 Å². The Morgan fingerprint density at radius 1 is 1.25 bits per heavy atom. The van der Waals surface area contributed by atoms with E-state index in [1.54, 1.807) is 6.92 Å². The fourth-order valence-corrected chi connectivity index (χ4v) is 3.13. The van der Waals surface area contributed by atoms with Crippen molar-refractivity contribution in [1.29, 1.82) is 0 Å². The van der Waals surface area contributed by atoms with Crippen molar-refractivity contribution in [3.63, 3.8) is 0 Å². The predicted octanol–water partition coefficient (Wildman–Crippen LogP) is 3.88. The van der Waals surface area contributed by atoms with Gasteiger partial charge in [0.05, 0.1) is 5.56 Å². The predicted molar refractivity (Wildman–Crippen MR) is 81.4 cm³/mol. The van der Waals surface area contributed by atoms with E-state index < -0.39 is 0 Å². The first-order valence-corrected chi connectivity index (χ1v) is 7.75. The molecule has 0 radical (unpaired) electrons. The van der Waals surface area contributed by atoms with Gasteiger partial charge in [0.1, 0.15) is 16.8 Å². The zero-order valence-corrected chi connectivity index (χ0v) is 12.9. The third-order valence-corrected chi connectivity index (χ3v) is 4.52. The second-order valence-corrected chi connectivity index (χ2v) is 5.98. The summed E-state index contributed by atoms with van der Waals surface area (Å²) in [4.78, 5) is 19.4. The standard InChI is InChI=1S/C15H22ClN3O/c1-3-11-4-6-12(7-5-11)8-17-15-13(9-20)14(16)18-10(2)19-15/h9,11-12H,3-8H2,1-2H3,(H,17,18,19). The lowest BCUT2D eigenvalue weighted by molar-refractivity contribution is 0.112. The second kappa shape index (κ2) is 7.02. The highest BCUT2D eigenvalue weighted by molar-refractivity contribution is 6.32. The number of hydrogen-bond donors (Lipinski definition) is 1. The van der Waals surface area contributed by atoms with Crippen LogP contribution in [0.2, 0.25) is 5.15 Å². The Labute approximate surface area is 125 Å². The second-order valence-electron chi connectivity index (χ2n) is 5.62. The molecule has 1 aromatic heterocycles. The number of anilines is 1. The summed E-state index contributed by atoms with van der Waals surface area (Å²) in [5.74, 6) is 2.70. The molecule has 1 aliphatic carbocycles. The number of carbonyl (C=O) groups is 1. The third-order valence-electron chi connectivity index (χ3n) is 4.23. The van der Waals surface area contributed by atoms with Crippen LogP contribution in [0, 0.1) is 18.8 Å². The quantitative estimate of drug-likeness (QED) is 0.661. The van der Waals surface area contributed by atoms with Crippen molar-refractivity contribution >= 4 is 23.7 Å². The fourth-order valence-electron chi connectivity index (χ4n) is 2.87. The van der Waals surface area contributed by atoms with E-state index >= 15 is 0 Å². The minimum absolute atomic E-state index is 0.227. The normalized spacial score (nSPS) is 22.6. The number of carbonyl (C=O) groups excluding carboxylic acids is 1. The Morgan fingerprint density at radius 3 is 2.50 bits per heavy atom. The molecule has 0 unspecified atom stereocenters. The average Bonchev–Trinajstić information content (AvgIpc) is 2.45. The molecule has 5 heteroatoms. The van der Waals surface area contributed by atoms with Crippen molar-refractivity contribution < 1.29 is 4.79 Å². The van der Waals surface area contributed by atoms with Crippen LogP contribution >= 0.6 is 11.6 Å². The fraction of sp³-hybridized carbons (Fsp3) is 0.667. The molecule has 20 heavy (non-hydrogen) atoms. The van der Waals surface area contributed by atoms with Gasteiger partial charge in [-0.25, -0.2) is 9.97 Å². The Bertz CT molecular complexity index is 470. The van der Waals surface area contributed by atoms with Crippen LogP contribution in [0.15, 0.2) is 0 Å². The first-order valence-electron chi connectivity index (χ1n) is 7.37. The summed E-state index contributed by atoms with van der Waals surface area (Å²) >= 11 is 5.97. The maximum atomic E-state index is 11.1. The number of aryl methyl sites for hydroxylation is 1. The molecule has 1 aromatic rings. The molecular weight excluding hydrogens is 274 g/mol. The van der Waals surface area contributed by atoms with E-state index in [0.717, 1.165) is 18.7 Å². The lowest BCUT2D eigenvalue weighted by Crippen LogP contribution is -2.22. The largest absolute Gasteiger partial charge is 0.369 e. The molecule has 4 nitrogen and oxygen atoms in total. The van der Waals surface area contributed by atoms with Crippen molar-refractivity contribution in [3.05, 3.63) is 16.5 Å². The van der Waals surface area contributed by atoms with Gasteiger partial charge in [-0.05, 0) is 31.6 Å². The van der Waals surface area contributed by atoms with Crippen LogP contribution in [0.3, 0.4) is 0 Å². The number of hydrogen-bond acceptors (Lipinski definition) is 4. The highest BCUT2D eigenvalue weighted by Crippen LogP contribution is 2.31. The molecule has 0 aromatic carbocycles. The van der Waals surface area contributed by atoms with Gasteiger partial charge in [0.15, 0.2) is 6.29 Å². The molecule has 0 amide bonds. The lowest BCUT2D eigenvalue weighted by Gasteiger charge is -2.28. The summed E-state index contributed by atoms with van der Waals surface area (Å²) in [6, 6.07) is 0. The van der Waals surface area contributed by atoms with Crippen LogP contribution < -0.4 is 5.32 Å². The van der Waals surface area contributed by atoms with Crippen LogP contribution in [-0.2, 0) is 0 Å². The first-order chi connectivity index (χ1) is 9.63. The van der Waals surface area contributed by atoms with Gasteiger partial charge in [-0.3, -0.25) is 4.79 Å². The summed E-state index contributed by atoms with van der Waals surface area (Å²) in [6.07, 6.45) is 7.13. The molecule has 1 saturated carbocycles. The first kappa shape index (κ1) is 15.2. The van der Waals surface area contributed by atoms with E-state index in [9.17, 15) is 4.79 Å². The van der Waals surface area contributed by atoms with Gasteiger partial charge in [0.2, 0.25) is 0 Å². The van der Waals surface area contributed by atoms with E-state index in [-0.39, 0.29) is 5.15 Å². The Morgan fingerprint density at radius 2 is 1.90 bits per heavy atom. The Balaban J connectivity index is 1.96. The van der Waals surface area contributed by atoms with Gasteiger partial charge in [-0.1, -0.05) is 37.8 Å². The minimum atomic E-state index is 0.227. The van der Waals surface area contributed by atoms with Gasteiger partial charge in [-0.15, -0.1) is 0 Å². The van der Waals surface area contributed by atoms with Gasteiger partial charge in [0, 0.05) is 6.54 Å². The van der Waals surface area contributed by atoms with Gasteiger partial charge in [-0.2, -0.15) is 0 Å². The van der Waals surface area contributed by atoms with E-state index in [1.807, 2.05) is 0 Å². The average molecular weight is 296 g/mol. The number of aldehydes is 1. The summed E-state index contributed by atoms with van der Waals surface area (Å²) in [7, 11) is 0. The molecule has 0 bridgehead atoms. The molecule has 0 aliphatic heterocycles. The van der Waals surface area contributed by atoms with Gasteiger partial charge >= 0.3 is 0 Å². The monoisotopic (exact) mass is 295 g/mol. The topological polar surface area (TPSA) is 54.9 Å². The Hall–Kier alpha value is -1.16. The van der Waals surface area contributed by atoms with Crippen LogP contribution in [0.5, 0.6) is 0 Å². The van der Waals surface area contributed by atoms with Gasteiger partial charge in [0.25, 0.3) is 0 Å². The summed E-state index contributed by atoms with van der Waals surface area (Å²) in [5.41, 5.74) is 0.361. The smallest absolute Gasteiger partial charge is 0.156 e. The Kier molecular flexibility index (Phi) is 5.35. The lowest BCUT2D eigenvalue weighted by atomic mass is 9.81. The molecule has 0 saturated heterocycles. The van der Waals surface area contributed by atoms with Crippen molar-refractivity contribution in [1.82, 2.24) is 9.97 Å². The van der Waals surface area contributed by atoms with Crippen molar-refractivity contribution in [2.45, 2.75) is 46.0 Å². The summed E-state index contributed by atoms with van der Waals surface area (Å²) in [6.45, 7) is 4.90. The molecule has 1 heterocycles. The minimum Gasteiger partial charge on any atom is -0.369 e. The SMILES string of the molecule is CCC1CCC(CNc2nc(C)nc(Cl)c2C=O)CC1. The van der Waals surface area contributed by atoms with E-state index in [2.05, 4.69) is 22.2 Å². The maximum absolute atomic E-state index is 11.1. The number of aromatic nitrogens is 2. The number of halogens is 1. The molecule has 1 N–H and O–H groups in total. The van der Waals surface area contributed by atoms with E-state index in [0.29, 0.717) is 23.1 Å². The molecule has 2 rings (SSSR count). The molecule has 1 aliphatic rings. The molecule has 110 valence electrons. The number of nitrogens with one attached hydrogen (secondary N) is 1. The van der Waals surface area contributed by atoms with Crippen LogP contribution in [0.1, 0.15) is 55.2 Å². The molecule has 0 atom stereocenters. The number of nitrogens with zero attached hydrogens (tertiary/aromatic N) is 2. The summed E-state index contributed by atoms with van der Waals surface area (Å²) in [5, 5.41) is 3.51. The molecular formula is C15H22ClN3O. The maximum Gasteiger partial charge on any atom is 0.156 e. The highest BCUT2D eigenvalue weighted by Gasteiger charge is 2.20. The van der Waals surface area contributed by atoms with Crippen molar-refractivity contribution in [3.8, 4) is 0 Å². The van der Waals surface area contributed by atoms with Crippen molar-refractivity contribution in [2.75, 3.05) is 11.9 Å². The number of rotatable bonds is 5.